The van der Waals surface area contributed by atoms with Gasteiger partial charge in [0.05, 0.1) is 75.6 Å². The molecule has 236 valence electrons. The van der Waals surface area contributed by atoms with Crippen molar-refractivity contribution in [2.75, 3.05) is 58.9 Å². The van der Waals surface area contributed by atoms with Gasteiger partial charge in [0.2, 0.25) is 11.8 Å². The first kappa shape index (κ1) is 31.7. The van der Waals surface area contributed by atoms with Gasteiger partial charge in [0.15, 0.2) is 26.3 Å². The number of likely N-dealkylation sites (N-methyl/N-ethyl adjacent to an activating group) is 1. The van der Waals surface area contributed by atoms with Crippen molar-refractivity contribution < 1.29 is 46.7 Å². The fourth-order valence-corrected chi connectivity index (χ4v) is 7.25. The molecule has 0 aliphatic carbocycles. The molecule has 0 radical (unpaired) electrons. The average molecular weight is 764 g/mol. The number of aromatic nitrogens is 5. The zero-order valence-electron chi connectivity index (χ0n) is 25.1. The lowest BCUT2D eigenvalue weighted by Crippen LogP contribution is -3.00. The molecule has 0 bridgehead atoms. The van der Waals surface area contributed by atoms with Gasteiger partial charge in [-0.3, -0.25) is 4.79 Å². The van der Waals surface area contributed by atoms with Crippen molar-refractivity contribution in [1.82, 2.24) is 25.0 Å². The van der Waals surface area contributed by atoms with Crippen molar-refractivity contribution in [3.8, 4) is 33.5 Å². The summed E-state index contributed by atoms with van der Waals surface area (Å²) in [6, 6.07) is 8.67. The number of ether oxygens (including phenoxy) is 2. The second-order valence-corrected chi connectivity index (χ2v) is 13.8. The summed E-state index contributed by atoms with van der Waals surface area (Å²) < 4.78 is 36.5. The third kappa shape index (κ3) is 6.02. The van der Waals surface area contributed by atoms with Crippen molar-refractivity contribution in [2.45, 2.75) is 23.1 Å². The number of hydrogen-bond acceptors (Lipinski definition) is 11. The molecule has 0 N–H and O–H groups in total. The van der Waals surface area contributed by atoms with Gasteiger partial charge < -0.3 is 51.8 Å². The van der Waals surface area contributed by atoms with E-state index in [0.717, 1.165) is 28.9 Å². The summed E-state index contributed by atoms with van der Waals surface area (Å²) in [7, 11) is 5.97. The molecule has 0 amide bonds. The van der Waals surface area contributed by atoms with E-state index in [0.29, 0.717) is 69.1 Å². The lowest BCUT2D eigenvalue weighted by Gasteiger charge is -2.41. The maximum Gasteiger partial charge on any atom is 0.247 e. The Balaban J connectivity index is 0.00000357. The van der Waals surface area contributed by atoms with Crippen molar-refractivity contribution >= 4 is 39.7 Å². The van der Waals surface area contributed by atoms with E-state index >= 15 is 4.39 Å². The number of hydrogen-bond donors (Lipinski definition) is 0. The number of piperazine rings is 1. The molecule has 45 heavy (non-hydrogen) atoms. The topological polar surface area (TPSA) is 108 Å². The van der Waals surface area contributed by atoms with Gasteiger partial charge in [-0.15, -0.1) is 20.4 Å². The number of rotatable bonds is 7. The molecule has 0 saturated carbocycles. The van der Waals surface area contributed by atoms with Crippen LogP contribution < -0.4 is 43.8 Å². The molecule has 7 rings (SSSR count). The van der Waals surface area contributed by atoms with Gasteiger partial charge in [-0.25, -0.2) is 4.39 Å². The molecular weight excluding hydrogens is 732 g/mol. The number of benzene rings is 2. The third-order valence-corrected chi connectivity index (χ3v) is 10.2. The number of methoxy groups -OCH3 is 1. The second-order valence-electron chi connectivity index (χ2n) is 11.6. The lowest BCUT2D eigenvalue weighted by atomic mass is 10.1. The maximum absolute atomic E-state index is 15.8. The summed E-state index contributed by atoms with van der Waals surface area (Å²) >= 11 is 2.69. The van der Waals surface area contributed by atoms with E-state index in [4.69, 9.17) is 13.9 Å². The minimum absolute atomic E-state index is 0. The van der Waals surface area contributed by atoms with Crippen LogP contribution in [0.2, 0.25) is 0 Å². The molecule has 5 aromatic rings. The molecule has 11 nitrogen and oxygen atoms in total. The van der Waals surface area contributed by atoms with Crippen LogP contribution in [-0.4, -0.2) is 83.4 Å². The van der Waals surface area contributed by atoms with Gasteiger partial charge in [0.1, 0.15) is 18.0 Å². The Bertz CT molecular complexity index is 1920. The molecule has 1 atom stereocenters. The highest BCUT2D eigenvalue weighted by Crippen LogP contribution is 2.43. The first-order chi connectivity index (χ1) is 21.2. The molecule has 1 saturated heterocycles. The van der Waals surface area contributed by atoms with Gasteiger partial charge in [-0.05, 0) is 37.3 Å². The smallest absolute Gasteiger partial charge is 0.247 e. The zero-order valence-corrected chi connectivity index (χ0v) is 28.9. The zero-order chi connectivity index (χ0) is 30.6. The summed E-state index contributed by atoms with van der Waals surface area (Å²) in [6.45, 7) is 5.60. The highest BCUT2D eigenvalue weighted by molar-refractivity contribution is 8.00. The SMILES string of the molecule is COc1ccc(-c2nnc(CSc3nnc(-c4cn5c6c(c(N7CC[N+](C)(C)CC7)c(F)cc6c4=O)OC[C@@H]5C)s3)o2)cc1.[I-]. The molecule has 1 fully saturated rings. The number of thioether (sulfide) groups is 1. The van der Waals surface area contributed by atoms with Crippen LogP contribution in [0.1, 0.15) is 18.9 Å². The van der Waals surface area contributed by atoms with E-state index in [1.165, 1.54) is 29.2 Å². The fraction of sp³-hybridized carbons (Fsp3) is 0.367. The first-order valence-corrected chi connectivity index (χ1v) is 16.1. The Labute approximate surface area is 284 Å². The van der Waals surface area contributed by atoms with Crippen molar-refractivity contribution in [3.05, 3.63) is 58.5 Å². The van der Waals surface area contributed by atoms with Crippen LogP contribution in [0.5, 0.6) is 11.5 Å². The molecule has 2 aliphatic rings. The maximum atomic E-state index is 15.8. The number of anilines is 1. The molecule has 0 spiro atoms. The molecule has 3 aromatic heterocycles. The van der Waals surface area contributed by atoms with Gasteiger partial charge in [-0.2, -0.15) is 0 Å². The first-order valence-electron chi connectivity index (χ1n) is 14.3. The molecule has 5 heterocycles. The largest absolute Gasteiger partial charge is 1.00 e. The van der Waals surface area contributed by atoms with E-state index < -0.39 is 5.82 Å². The summed E-state index contributed by atoms with van der Waals surface area (Å²) in [5, 5.41) is 17.7. The third-order valence-electron chi connectivity index (χ3n) is 8.17. The number of nitrogens with zero attached hydrogens (tertiary/aromatic N) is 7. The molecule has 2 aliphatic heterocycles. The predicted octanol–water partition coefficient (Wildman–Crippen LogP) is 1.86. The summed E-state index contributed by atoms with van der Waals surface area (Å²) in [5.74, 6) is 1.98. The normalized spacial score (nSPS) is 17.2. The Morgan fingerprint density at radius 1 is 1.13 bits per heavy atom. The number of pyridine rings is 1. The van der Waals surface area contributed by atoms with Crippen LogP contribution in [0.25, 0.3) is 32.9 Å². The molecule has 15 heteroatoms. The van der Waals surface area contributed by atoms with Crippen molar-refractivity contribution in [3.63, 3.8) is 0 Å². The van der Waals surface area contributed by atoms with E-state index in [-0.39, 0.29) is 40.8 Å². The highest BCUT2D eigenvalue weighted by Gasteiger charge is 2.33. The van der Waals surface area contributed by atoms with Crippen LogP contribution in [0.15, 0.2) is 50.1 Å². The van der Waals surface area contributed by atoms with Crippen LogP contribution in [0, 0.1) is 5.82 Å². The Morgan fingerprint density at radius 3 is 2.62 bits per heavy atom. The van der Waals surface area contributed by atoms with Gasteiger partial charge in [0, 0.05) is 11.8 Å². The summed E-state index contributed by atoms with van der Waals surface area (Å²) in [4.78, 5) is 15.9. The van der Waals surface area contributed by atoms with E-state index in [1.54, 1.807) is 7.11 Å². The minimum Gasteiger partial charge on any atom is -1.00 e. The van der Waals surface area contributed by atoms with E-state index in [9.17, 15) is 4.79 Å². The van der Waals surface area contributed by atoms with Crippen molar-refractivity contribution in [1.29, 1.82) is 0 Å². The number of halogens is 2. The summed E-state index contributed by atoms with van der Waals surface area (Å²) in [6.07, 6.45) is 1.81. The van der Waals surface area contributed by atoms with Gasteiger partial charge in [-0.1, -0.05) is 23.1 Å². The van der Waals surface area contributed by atoms with Crippen LogP contribution in [-0.2, 0) is 5.75 Å². The lowest BCUT2D eigenvalue weighted by molar-refractivity contribution is -0.890. The van der Waals surface area contributed by atoms with Crippen LogP contribution in [0.4, 0.5) is 10.1 Å². The van der Waals surface area contributed by atoms with Gasteiger partial charge in [0.25, 0.3) is 0 Å². The fourth-order valence-electron chi connectivity index (χ4n) is 5.55. The minimum atomic E-state index is -0.447. The highest BCUT2D eigenvalue weighted by atomic mass is 127. The molecule has 0 unspecified atom stereocenters. The van der Waals surface area contributed by atoms with Crippen molar-refractivity contribution in [2.24, 2.45) is 0 Å². The Morgan fingerprint density at radius 2 is 1.89 bits per heavy atom. The van der Waals surface area contributed by atoms with Crippen LogP contribution in [0.3, 0.4) is 0 Å². The monoisotopic (exact) mass is 763 g/mol. The molecule has 2 aromatic carbocycles. The number of quaternary nitrogens is 1. The predicted molar refractivity (Wildman–Crippen MR) is 167 cm³/mol. The van der Waals surface area contributed by atoms with Crippen LogP contribution >= 0.6 is 23.1 Å². The standard InChI is InChI=1S/C30H31FN7O4S2.HI/c1-17-15-41-27-24-20(13-22(31)25(27)36-9-11-38(2,3)12-10-36)26(39)21(14-37(17)24)29-34-35-30(44-29)43-16-23-32-33-28(42-23)18-5-7-19(40-4)8-6-18;/h5-8,13-14,17H,9-12,15-16H2,1-4H3;1H/q+1;/p-1/t17-;/m0./s1. The quantitative estimate of drug-likeness (QED) is 0.139. The summed E-state index contributed by atoms with van der Waals surface area (Å²) in [5.41, 5.74) is 1.93. The van der Waals surface area contributed by atoms with E-state index in [2.05, 4.69) is 34.5 Å². The van der Waals surface area contributed by atoms with E-state index in [1.807, 2.05) is 46.9 Å². The van der Waals surface area contributed by atoms with Gasteiger partial charge >= 0.3 is 0 Å². The molecular formula is C30H31FIN7O4S2. The average Bonchev–Trinajstić information content (AvgIpc) is 3.69. The Hall–Kier alpha value is -3.28. The second kappa shape index (κ2) is 12.5. The Kier molecular flexibility index (Phi) is 8.80.